The number of hydrogen-bond donors (Lipinski definition) is 1. The minimum atomic E-state index is -0.764. The topological polar surface area (TPSA) is 58.6 Å². The summed E-state index contributed by atoms with van der Waals surface area (Å²) in [4.78, 5) is 25.2. The van der Waals surface area contributed by atoms with Gasteiger partial charge in [0.05, 0.1) is 7.11 Å². The molecule has 1 N–H and O–H groups in total. The van der Waals surface area contributed by atoms with Crippen molar-refractivity contribution in [3.63, 3.8) is 0 Å². The number of hydrogen-bond acceptors (Lipinski definition) is 4. The molecule has 0 aromatic heterocycles. The number of halogens is 1. The van der Waals surface area contributed by atoms with Crippen LogP contribution in [0.2, 0.25) is 0 Å². The van der Waals surface area contributed by atoms with Crippen molar-refractivity contribution in [1.82, 2.24) is 10.2 Å². The van der Waals surface area contributed by atoms with Gasteiger partial charge in [-0.3, -0.25) is 9.59 Å². The van der Waals surface area contributed by atoms with E-state index in [-0.39, 0.29) is 11.3 Å². The molecule has 0 aliphatic carbocycles. The van der Waals surface area contributed by atoms with Gasteiger partial charge >= 0.3 is 0 Å². The van der Waals surface area contributed by atoms with Gasteiger partial charge in [0.15, 0.2) is 11.6 Å². The molecule has 0 radical (unpaired) electrons. The van der Waals surface area contributed by atoms with Crippen molar-refractivity contribution in [1.29, 1.82) is 0 Å². The van der Waals surface area contributed by atoms with Gasteiger partial charge in [-0.15, -0.1) is 0 Å². The van der Waals surface area contributed by atoms with Crippen molar-refractivity contribution in [2.75, 3.05) is 34.3 Å². The van der Waals surface area contributed by atoms with E-state index in [0.29, 0.717) is 13.1 Å². The number of likely N-dealkylation sites (N-methyl/N-ethyl adjacent to an activating group) is 1. The minimum absolute atomic E-state index is 0.000605. The summed E-state index contributed by atoms with van der Waals surface area (Å²) >= 11 is 0. The van der Waals surface area contributed by atoms with E-state index in [1.165, 1.54) is 19.2 Å². The summed E-state index contributed by atoms with van der Waals surface area (Å²) < 4.78 is 18.2. The van der Waals surface area contributed by atoms with E-state index in [1.54, 1.807) is 0 Å². The number of methoxy groups -OCH3 is 1. The van der Waals surface area contributed by atoms with Crippen LogP contribution in [0.25, 0.3) is 0 Å². The summed E-state index contributed by atoms with van der Waals surface area (Å²) in [6.07, 6.45) is 0. The molecule has 0 spiro atoms. The predicted molar refractivity (Wildman–Crippen MR) is 68.8 cm³/mol. The molecule has 0 heterocycles. The molecule has 1 amide bonds. The zero-order valence-corrected chi connectivity index (χ0v) is 11.2. The summed E-state index contributed by atoms with van der Waals surface area (Å²) in [6.45, 7) is 0.978. The first-order chi connectivity index (χ1) is 8.95. The highest BCUT2D eigenvalue weighted by molar-refractivity contribution is 6.42. The number of nitrogens with one attached hydrogen (secondary N) is 1. The van der Waals surface area contributed by atoms with E-state index in [1.807, 2.05) is 19.0 Å². The van der Waals surface area contributed by atoms with Gasteiger partial charge in [-0.25, -0.2) is 4.39 Å². The molecule has 0 saturated heterocycles. The average Bonchev–Trinajstić information content (AvgIpc) is 2.37. The maximum atomic E-state index is 13.4. The summed E-state index contributed by atoms with van der Waals surface area (Å²) in [7, 11) is 5.04. The smallest absolute Gasteiger partial charge is 0.292 e. The molecule has 104 valence electrons. The lowest BCUT2D eigenvalue weighted by Crippen LogP contribution is -2.35. The summed E-state index contributed by atoms with van der Waals surface area (Å²) in [5.41, 5.74) is 0.000605. The van der Waals surface area contributed by atoms with Crippen molar-refractivity contribution >= 4 is 11.7 Å². The number of carbonyl (C=O) groups excluding carboxylic acids is 2. The van der Waals surface area contributed by atoms with Crippen LogP contribution in [-0.2, 0) is 4.79 Å². The Morgan fingerprint density at radius 2 is 2.05 bits per heavy atom. The number of carbonyl (C=O) groups is 2. The number of amides is 1. The van der Waals surface area contributed by atoms with Crippen molar-refractivity contribution < 1.29 is 18.7 Å². The molecule has 0 fully saturated rings. The van der Waals surface area contributed by atoms with Crippen LogP contribution >= 0.6 is 0 Å². The second kappa shape index (κ2) is 6.84. The predicted octanol–water partition coefficient (Wildman–Crippen LogP) is 0.695. The Labute approximate surface area is 111 Å². The van der Waals surface area contributed by atoms with Gasteiger partial charge in [0.25, 0.3) is 5.91 Å². The lowest BCUT2D eigenvalue weighted by molar-refractivity contribution is -0.117. The van der Waals surface area contributed by atoms with Crippen LogP contribution in [-0.4, -0.2) is 50.9 Å². The third kappa shape index (κ3) is 4.33. The number of ether oxygens (including phenoxy) is 1. The molecular weight excluding hydrogens is 251 g/mol. The lowest BCUT2D eigenvalue weighted by atomic mass is 10.1. The van der Waals surface area contributed by atoms with Crippen LogP contribution in [0.5, 0.6) is 5.75 Å². The molecule has 1 aromatic rings. The number of Topliss-reactive ketones (excluding diaryl/α,β-unsaturated/α-hetero) is 1. The van der Waals surface area contributed by atoms with E-state index in [4.69, 9.17) is 4.74 Å². The van der Waals surface area contributed by atoms with Gasteiger partial charge in [-0.05, 0) is 32.3 Å². The van der Waals surface area contributed by atoms with Gasteiger partial charge in [-0.1, -0.05) is 0 Å². The van der Waals surface area contributed by atoms with Gasteiger partial charge in [0.1, 0.15) is 0 Å². The van der Waals surface area contributed by atoms with Crippen LogP contribution in [0.4, 0.5) is 4.39 Å². The molecule has 0 saturated carbocycles. The first-order valence-corrected chi connectivity index (χ1v) is 5.76. The molecule has 0 aliphatic heterocycles. The van der Waals surface area contributed by atoms with Crippen LogP contribution in [0, 0.1) is 5.82 Å². The van der Waals surface area contributed by atoms with Crippen molar-refractivity contribution in [3.05, 3.63) is 29.6 Å². The molecule has 6 heteroatoms. The number of ketones is 1. The fraction of sp³-hybridized carbons (Fsp3) is 0.385. The Morgan fingerprint density at radius 1 is 1.37 bits per heavy atom. The molecule has 0 unspecified atom stereocenters. The fourth-order valence-electron chi connectivity index (χ4n) is 1.41. The Bertz CT molecular complexity index is 475. The van der Waals surface area contributed by atoms with Crippen LogP contribution in [0.3, 0.4) is 0 Å². The zero-order chi connectivity index (χ0) is 14.4. The highest BCUT2D eigenvalue weighted by Crippen LogP contribution is 2.17. The van der Waals surface area contributed by atoms with Crippen molar-refractivity contribution in [2.24, 2.45) is 0 Å². The normalized spacial score (nSPS) is 10.4. The quantitative estimate of drug-likeness (QED) is 0.609. The number of rotatable bonds is 6. The van der Waals surface area contributed by atoms with E-state index in [9.17, 15) is 14.0 Å². The Kier molecular flexibility index (Phi) is 5.44. The molecule has 0 aliphatic rings. The highest BCUT2D eigenvalue weighted by atomic mass is 19.1. The van der Waals surface area contributed by atoms with Gasteiger partial charge in [0.2, 0.25) is 5.78 Å². The van der Waals surface area contributed by atoms with E-state index in [2.05, 4.69) is 5.32 Å². The molecular formula is C13H17FN2O3. The van der Waals surface area contributed by atoms with Crippen LogP contribution < -0.4 is 10.1 Å². The van der Waals surface area contributed by atoms with E-state index < -0.39 is 17.5 Å². The maximum Gasteiger partial charge on any atom is 0.292 e. The molecule has 1 aromatic carbocycles. The number of nitrogens with zero attached hydrogens (tertiary/aromatic N) is 1. The van der Waals surface area contributed by atoms with Gasteiger partial charge < -0.3 is 15.0 Å². The van der Waals surface area contributed by atoms with Crippen molar-refractivity contribution in [2.45, 2.75) is 0 Å². The summed E-state index contributed by atoms with van der Waals surface area (Å²) in [6, 6.07) is 3.66. The van der Waals surface area contributed by atoms with E-state index >= 15 is 0 Å². The molecule has 5 nitrogen and oxygen atoms in total. The highest BCUT2D eigenvalue weighted by Gasteiger charge is 2.17. The average molecular weight is 268 g/mol. The lowest BCUT2D eigenvalue weighted by Gasteiger charge is -2.10. The van der Waals surface area contributed by atoms with Crippen LogP contribution in [0.15, 0.2) is 18.2 Å². The van der Waals surface area contributed by atoms with E-state index in [0.717, 1.165) is 6.07 Å². The third-order valence-corrected chi connectivity index (χ3v) is 2.46. The number of benzene rings is 1. The summed E-state index contributed by atoms with van der Waals surface area (Å²) in [5.74, 6) is -2.15. The Morgan fingerprint density at radius 3 is 2.58 bits per heavy atom. The first-order valence-electron chi connectivity index (χ1n) is 5.76. The van der Waals surface area contributed by atoms with Crippen molar-refractivity contribution in [3.8, 4) is 5.75 Å². The molecule has 19 heavy (non-hydrogen) atoms. The summed E-state index contributed by atoms with van der Waals surface area (Å²) in [5, 5.41) is 2.48. The van der Waals surface area contributed by atoms with Crippen LogP contribution in [0.1, 0.15) is 10.4 Å². The Hall–Kier alpha value is -1.95. The monoisotopic (exact) mass is 268 g/mol. The SMILES string of the molecule is COc1ccc(C(=O)C(=O)NCCN(C)C)cc1F. The molecule has 0 atom stereocenters. The standard InChI is InChI=1S/C13H17FN2O3/c1-16(2)7-6-15-13(18)12(17)9-4-5-11(19-3)10(14)8-9/h4-5,8H,6-7H2,1-3H3,(H,15,18). The largest absolute Gasteiger partial charge is 0.494 e. The minimum Gasteiger partial charge on any atom is -0.494 e. The molecule has 1 rings (SSSR count). The Balaban J connectivity index is 2.66. The third-order valence-electron chi connectivity index (χ3n) is 2.46. The maximum absolute atomic E-state index is 13.4. The first kappa shape index (κ1) is 15.1. The second-order valence-electron chi connectivity index (χ2n) is 4.24. The molecule has 0 bridgehead atoms. The second-order valence-corrected chi connectivity index (χ2v) is 4.24. The van der Waals surface area contributed by atoms with Gasteiger partial charge in [0, 0.05) is 18.7 Å². The fourth-order valence-corrected chi connectivity index (χ4v) is 1.41. The zero-order valence-electron chi connectivity index (χ0n) is 11.2. The van der Waals surface area contributed by atoms with Gasteiger partial charge in [-0.2, -0.15) is 0 Å².